The summed E-state index contributed by atoms with van der Waals surface area (Å²) in [6, 6.07) is 0. The molecular weight excluding hydrogens is 200 g/mol. The predicted molar refractivity (Wildman–Crippen MR) is 63.8 cm³/mol. The van der Waals surface area contributed by atoms with E-state index in [0.29, 0.717) is 0 Å². The monoisotopic (exact) mass is 222 g/mol. The Morgan fingerprint density at radius 2 is 2.12 bits per heavy atom. The van der Waals surface area contributed by atoms with E-state index in [2.05, 4.69) is 22.6 Å². The maximum Gasteiger partial charge on any atom is 0.0964 e. The lowest BCUT2D eigenvalue weighted by molar-refractivity contribution is 0.281. The molecule has 16 heavy (non-hydrogen) atoms. The topological polar surface area (TPSA) is 42.7 Å². The van der Waals surface area contributed by atoms with Crippen molar-refractivity contribution in [2.45, 2.75) is 39.2 Å². The van der Waals surface area contributed by atoms with Crippen LogP contribution in [-0.2, 0) is 13.6 Å². The number of hydrogen-bond donors (Lipinski definition) is 1. The molecule has 1 aromatic heterocycles. The van der Waals surface area contributed by atoms with Gasteiger partial charge in [0.25, 0.3) is 0 Å². The molecular formula is C12H22N4. The van der Waals surface area contributed by atoms with Crippen LogP contribution in [0.2, 0.25) is 0 Å². The molecule has 4 nitrogen and oxygen atoms in total. The third kappa shape index (κ3) is 3.30. The Bertz CT molecular complexity index is 313. The van der Waals surface area contributed by atoms with Crippen molar-refractivity contribution in [1.82, 2.24) is 20.3 Å². The van der Waals surface area contributed by atoms with Gasteiger partial charge in [-0.1, -0.05) is 25.0 Å². The molecule has 1 aliphatic carbocycles. The van der Waals surface area contributed by atoms with Crippen molar-refractivity contribution in [3.05, 3.63) is 11.9 Å². The highest BCUT2D eigenvalue weighted by molar-refractivity contribution is 4.90. The molecule has 1 fully saturated rings. The number of nitrogens with one attached hydrogen (secondary N) is 1. The lowest BCUT2D eigenvalue weighted by Gasteiger charge is -2.26. The first-order valence-corrected chi connectivity index (χ1v) is 6.30. The zero-order valence-electron chi connectivity index (χ0n) is 10.3. The van der Waals surface area contributed by atoms with E-state index in [1.54, 1.807) is 4.68 Å². The smallest absolute Gasteiger partial charge is 0.0964 e. The molecule has 0 bridgehead atoms. The molecule has 1 aromatic rings. The molecule has 4 heteroatoms. The van der Waals surface area contributed by atoms with Crippen molar-refractivity contribution in [1.29, 1.82) is 0 Å². The van der Waals surface area contributed by atoms with E-state index in [1.807, 2.05) is 13.2 Å². The van der Waals surface area contributed by atoms with E-state index in [0.717, 1.165) is 30.6 Å². The van der Waals surface area contributed by atoms with Gasteiger partial charge in [0.1, 0.15) is 0 Å². The number of hydrogen-bond acceptors (Lipinski definition) is 3. The van der Waals surface area contributed by atoms with Gasteiger partial charge in [-0.2, -0.15) is 0 Å². The molecule has 0 saturated heterocycles. The van der Waals surface area contributed by atoms with Crippen molar-refractivity contribution in [2.75, 3.05) is 6.54 Å². The molecule has 0 unspecified atom stereocenters. The first-order valence-electron chi connectivity index (χ1n) is 6.30. The fourth-order valence-electron chi connectivity index (χ4n) is 2.41. The lowest BCUT2D eigenvalue weighted by atomic mass is 9.83. The summed E-state index contributed by atoms with van der Waals surface area (Å²) < 4.78 is 1.75. The second-order valence-electron chi connectivity index (χ2n) is 5.14. The second-order valence-corrected chi connectivity index (χ2v) is 5.14. The van der Waals surface area contributed by atoms with E-state index in [-0.39, 0.29) is 0 Å². The largest absolute Gasteiger partial charge is 0.311 e. The fraction of sp³-hybridized carbons (Fsp3) is 0.833. The molecule has 0 aromatic carbocycles. The van der Waals surface area contributed by atoms with Gasteiger partial charge in [-0.05, 0) is 31.2 Å². The lowest BCUT2D eigenvalue weighted by Crippen LogP contribution is -2.25. The van der Waals surface area contributed by atoms with Gasteiger partial charge in [-0.3, -0.25) is 4.68 Å². The van der Waals surface area contributed by atoms with E-state index >= 15 is 0 Å². The van der Waals surface area contributed by atoms with Crippen molar-refractivity contribution < 1.29 is 0 Å². The van der Waals surface area contributed by atoms with Gasteiger partial charge in [0, 0.05) is 19.8 Å². The standard InChI is InChI=1S/C12H22N4/c1-10-3-5-11(6-4-10)7-13-8-12-9-16(2)15-14-12/h9-11,13H,3-8H2,1-2H3. The molecule has 1 aliphatic rings. The molecule has 1 saturated carbocycles. The minimum Gasteiger partial charge on any atom is -0.311 e. The first kappa shape index (κ1) is 11.6. The van der Waals surface area contributed by atoms with Crippen molar-refractivity contribution in [3.8, 4) is 0 Å². The highest BCUT2D eigenvalue weighted by Gasteiger charge is 2.17. The quantitative estimate of drug-likeness (QED) is 0.843. The van der Waals surface area contributed by atoms with Crippen molar-refractivity contribution >= 4 is 0 Å². The second kappa shape index (κ2) is 5.43. The average molecular weight is 222 g/mol. The van der Waals surface area contributed by atoms with Gasteiger partial charge in [0.05, 0.1) is 5.69 Å². The van der Waals surface area contributed by atoms with Gasteiger partial charge < -0.3 is 5.32 Å². The number of nitrogens with zero attached hydrogens (tertiary/aromatic N) is 3. The maximum atomic E-state index is 4.06. The highest BCUT2D eigenvalue weighted by Crippen LogP contribution is 2.27. The molecule has 2 rings (SSSR count). The molecule has 90 valence electrons. The van der Waals surface area contributed by atoms with E-state index in [9.17, 15) is 0 Å². The third-order valence-electron chi connectivity index (χ3n) is 3.52. The van der Waals surface area contributed by atoms with Gasteiger partial charge >= 0.3 is 0 Å². The first-order chi connectivity index (χ1) is 7.74. The molecule has 1 heterocycles. The van der Waals surface area contributed by atoms with E-state index in [1.165, 1.54) is 25.7 Å². The van der Waals surface area contributed by atoms with Crippen LogP contribution in [0.1, 0.15) is 38.3 Å². The minimum atomic E-state index is 0.847. The Morgan fingerprint density at radius 1 is 1.38 bits per heavy atom. The highest BCUT2D eigenvalue weighted by atomic mass is 15.4. The summed E-state index contributed by atoms with van der Waals surface area (Å²) in [5.74, 6) is 1.81. The minimum absolute atomic E-state index is 0.847. The van der Waals surface area contributed by atoms with Crippen molar-refractivity contribution in [2.24, 2.45) is 18.9 Å². The Kier molecular flexibility index (Phi) is 3.93. The van der Waals surface area contributed by atoms with Gasteiger partial charge in [-0.25, -0.2) is 0 Å². The van der Waals surface area contributed by atoms with Crippen molar-refractivity contribution in [3.63, 3.8) is 0 Å². The third-order valence-corrected chi connectivity index (χ3v) is 3.52. The van der Waals surface area contributed by atoms with Crippen LogP contribution in [0.15, 0.2) is 6.20 Å². The van der Waals surface area contributed by atoms with Crippen LogP contribution in [0.25, 0.3) is 0 Å². The van der Waals surface area contributed by atoms with Gasteiger partial charge in [-0.15, -0.1) is 5.10 Å². The Morgan fingerprint density at radius 3 is 2.75 bits per heavy atom. The Labute approximate surface area is 97.4 Å². The van der Waals surface area contributed by atoms with Crippen LogP contribution in [-0.4, -0.2) is 21.5 Å². The predicted octanol–water partition coefficient (Wildman–Crippen LogP) is 1.73. The van der Waals surface area contributed by atoms with Crippen LogP contribution >= 0.6 is 0 Å². The number of rotatable bonds is 4. The van der Waals surface area contributed by atoms with Gasteiger partial charge in [0.15, 0.2) is 0 Å². The van der Waals surface area contributed by atoms with Crippen LogP contribution in [0, 0.1) is 11.8 Å². The zero-order chi connectivity index (χ0) is 11.4. The van der Waals surface area contributed by atoms with Crippen LogP contribution in [0.3, 0.4) is 0 Å². The Balaban J connectivity index is 1.64. The summed E-state index contributed by atoms with van der Waals surface area (Å²) in [5, 5.41) is 11.5. The molecule has 0 spiro atoms. The van der Waals surface area contributed by atoms with Crippen LogP contribution < -0.4 is 5.32 Å². The van der Waals surface area contributed by atoms with E-state index in [4.69, 9.17) is 0 Å². The maximum absolute atomic E-state index is 4.06. The molecule has 1 N–H and O–H groups in total. The molecule has 0 aliphatic heterocycles. The summed E-state index contributed by atoms with van der Waals surface area (Å²) in [7, 11) is 1.90. The molecule has 0 amide bonds. The number of aromatic nitrogens is 3. The average Bonchev–Trinajstić information content (AvgIpc) is 2.67. The van der Waals surface area contributed by atoms with Crippen LogP contribution in [0.4, 0.5) is 0 Å². The molecule has 0 atom stereocenters. The summed E-state index contributed by atoms with van der Waals surface area (Å²) in [6.07, 6.45) is 7.54. The zero-order valence-corrected chi connectivity index (χ0v) is 10.3. The molecule has 0 radical (unpaired) electrons. The van der Waals surface area contributed by atoms with Gasteiger partial charge in [0.2, 0.25) is 0 Å². The summed E-state index contributed by atoms with van der Waals surface area (Å²) >= 11 is 0. The Hall–Kier alpha value is -0.900. The fourth-order valence-corrected chi connectivity index (χ4v) is 2.41. The summed E-state index contributed by atoms with van der Waals surface area (Å²) in [6.45, 7) is 4.34. The summed E-state index contributed by atoms with van der Waals surface area (Å²) in [4.78, 5) is 0. The van der Waals surface area contributed by atoms with Crippen LogP contribution in [0.5, 0.6) is 0 Å². The van der Waals surface area contributed by atoms with E-state index < -0.39 is 0 Å². The number of aryl methyl sites for hydroxylation is 1. The SMILES string of the molecule is CC1CCC(CNCc2cn(C)nn2)CC1. The normalized spacial score (nSPS) is 25.9. The summed E-state index contributed by atoms with van der Waals surface area (Å²) in [5.41, 5.74) is 1.03.